The molecule has 0 fully saturated rings. The first-order valence-electron chi connectivity index (χ1n) is 7.92. The summed E-state index contributed by atoms with van der Waals surface area (Å²) in [6, 6.07) is 2.08. The number of ether oxygens (including phenoxy) is 2. The van der Waals surface area contributed by atoms with Gasteiger partial charge in [-0.1, -0.05) is 6.92 Å². The number of carbonyl (C=O) groups excluding carboxylic acids is 1. The van der Waals surface area contributed by atoms with Gasteiger partial charge < -0.3 is 19.7 Å². The van der Waals surface area contributed by atoms with E-state index in [0.29, 0.717) is 32.1 Å². The second kappa shape index (κ2) is 9.51. The van der Waals surface area contributed by atoms with Gasteiger partial charge in [0.05, 0.1) is 25.1 Å². The fraction of sp³-hybridized carbons (Fsp3) is 0.562. The fourth-order valence-corrected chi connectivity index (χ4v) is 3.19. The fourth-order valence-electron chi connectivity index (χ4n) is 2.26. The molecule has 0 aliphatic rings. The standard InChI is InChI=1S/C16H24N4O3S/c1-4-12-9-13-15(18-11-19-16(13)24-12)17-10-14(21)20(5-7-22-2)6-8-23-3/h9,11H,4-8,10H2,1-3H3,(H,17,18,19). The molecule has 0 bridgehead atoms. The Balaban J connectivity index is 2.02. The molecule has 2 rings (SSSR count). The average Bonchev–Trinajstić information content (AvgIpc) is 3.03. The summed E-state index contributed by atoms with van der Waals surface area (Å²) in [7, 11) is 3.24. The van der Waals surface area contributed by atoms with Crippen LogP contribution in [0.15, 0.2) is 12.4 Å². The highest BCUT2D eigenvalue weighted by Crippen LogP contribution is 2.28. The van der Waals surface area contributed by atoms with Crippen LogP contribution in [0.25, 0.3) is 10.2 Å². The second-order valence-corrected chi connectivity index (χ2v) is 6.34. The molecule has 0 saturated carbocycles. The van der Waals surface area contributed by atoms with Crippen LogP contribution in [0.1, 0.15) is 11.8 Å². The van der Waals surface area contributed by atoms with E-state index in [9.17, 15) is 4.79 Å². The minimum Gasteiger partial charge on any atom is -0.383 e. The van der Waals surface area contributed by atoms with Crippen LogP contribution in [0, 0.1) is 0 Å². The predicted octanol–water partition coefficient (Wildman–Crippen LogP) is 1.79. The molecule has 0 spiro atoms. The lowest BCUT2D eigenvalue weighted by molar-refractivity contribution is -0.130. The van der Waals surface area contributed by atoms with Crippen molar-refractivity contribution < 1.29 is 14.3 Å². The number of anilines is 1. The van der Waals surface area contributed by atoms with Gasteiger partial charge in [0.1, 0.15) is 17.0 Å². The summed E-state index contributed by atoms with van der Waals surface area (Å²) in [4.78, 5) is 24.9. The number of rotatable bonds is 10. The number of amides is 1. The normalized spacial score (nSPS) is 11.0. The molecule has 8 heteroatoms. The van der Waals surface area contributed by atoms with E-state index in [2.05, 4.69) is 28.3 Å². The lowest BCUT2D eigenvalue weighted by atomic mass is 10.3. The third-order valence-corrected chi connectivity index (χ3v) is 4.81. The molecule has 0 radical (unpaired) electrons. The Labute approximate surface area is 146 Å². The molecule has 1 amide bonds. The Hall–Kier alpha value is -1.77. The quantitative estimate of drug-likeness (QED) is 0.702. The monoisotopic (exact) mass is 352 g/mol. The number of fused-ring (bicyclic) bond motifs is 1. The summed E-state index contributed by atoms with van der Waals surface area (Å²) in [5.41, 5.74) is 0. The number of nitrogens with zero attached hydrogens (tertiary/aromatic N) is 3. The van der Waals surface area contributed by atoms with Gasteiger partial charge in [-0.3, -0.25) is 4.79 Å². The summed E-state index contributed by atoms with van der Waals surface area (Å²) >= 11 is 1.65. The van der Waals surface area contributed by atoms with Gasteiger partial charge >= 0.3 is 0 Å². The van der Waals surface area contributed by atoms with Crippen molar-refractivity contribution in [2.75, 3.05) is 52.4 Å². The number of hydrogen-bond donors (Lipinski definition) is 1. The molecule has 0 aromatic carbocycles. The molecular weight excluding hydrogens is 328 g/mol. The first kappa shape index (κ1) is 18.6. The number of aryl methyl sites for hydroxylation is 1. The SMILES string of the molecule is CCc1cc2c(NCC(=O)N(CCOC)CCOC)ncnc2s1. The molecule has 132 valence electrons. The van der Waals surface area contributed by atoms with Gasteiger partial charge in [-0.2, -0.15) is 0 Å². The van der Waals surface area contributed by atoms with Crippen molar-refractivity contribution >= 4 is 33.3 Å². The third-order valence-electron chi connectivity index (χ3n) is 3.62. The molecule has 0 unspecified atom stereocenters. The van der Waals surface area contributed by atoms with Gasteiger partial charge in [0.25, 0.3) is 0 Å². The van der Waals surface area contributed by atoms with Gasteiger partial charge in [-0.15, -0.1) is 11.3 Å². The first-order chi connectivity index (χ1) is 11.7. The van der Waals surface area contributed by atoms with Gasteiger partial charge in [0, 0.05) is 32.2 Å². The van der Waals surface area contributed by atoms with Crippen molar-refractivity contribution in [1.82, 2.24) is 14.9 Å². The van der Waals surface area contributed by atoms with Gasteiger partial charge in [0.15, 0.2) is 0 Å². The zero-order chi connectivity index (χ0) is 17.4. The van der Waals surface area contributed by atoms with Crippen LogP contribution >= 0.6 is 11.3 Å². The molecule has 7 nitrogen and oxygen atoms in total. The smallest absolute Gasteiger partial charge is 0.242 e. The number of carbonyl (C=O) groups is 1. The minimum absolute atomic E-state index is 0.0122. The number of aromatic nitrogens is 2. The lowest BCUT2D eigenvalue weighted by Crippen LogP contribution is -2.39. The van der Waals surface area contributed by atoms with E-state index >= 15 is 0 Å². The van der Waals surface area contributed by atoms with E-state index in [4.69, 9.17) is 9.47 Å². The highest BCUT2D eigenvalue weighted by atomic mass is 32.1. The zero-order valence-electron chi connectivity index (χ0n) is 14.4. The molecule has 24 heavy (non-hydrogen) atoms. The van der Waals surface area contributed by atoms with Crippen molar-refractivity contribution in [3.63, 3.8) is 0 Å². The molecule has 0 atom stereocenters. The largest absolute Gasteiger partial charge is 0.383 e. The second-order valence-electron chi connectivity index (χ2n) is 5.23. The molecular formula is C16H24N4O3S. The molecule has 1 N–H and O–H groups in total. The van der Waals surface area contributed by atoms with Crippen LogP contribution in [0.2, 0.25) is 0 Å². The van der Waals surface area contributed by atoms with Crippen LogP contribution in [-0.2, 0) is 20.7 Å². The molecule has 0 saturated heterocycles. The number of methoxy groups -OCH3 is 2. The third kappa shape index (κ3) is 4.86. The Morgan fingerprint density at radius 1 is 1.25 bits per heavy atom. The maximum absolute atomic E-state index is 12.4. The van der Waals surface area contributed by atoms with Crippen molar-refractivity contribution in [3.05, 3.63) is 17.3 Å². The van der Waals surface area contributed by atoms with Crippen LogP contribution in [-0.4, -0.2) is 67.8 Å². The van der Waals surface area contributed by atoms with Gasteiger partial charge in [0.2, 0.25) is 5.91 Å². The summed E-state index contributed by atoms with van der Waals surface area (Å²) in [6.45, 7) is 4.36. The first-order valence-corrected chi connectivity index (χ1v) is 8.74. The van der Waals surface area contributed by atoms with Crippen LogP contribution in [0.5, 0.6) is 0 Å². The lowest BCUT2D eigenvalue weighted by Gasteiger charge is -2.22. The summed E-state index contributed by atoms with van der Waals surface area (Å²) in [5, 5.41) is 4.11. The zero-order valence-corrected chi connectivity index (χ0v) is 15.2. The van der Waals surface area contributed by atoms with Crippen molar-refractivity contribution in [2.24, 2.45) is 0 Å². The van der Waals surface area contributed by atoms with Crippen molar-refractivity contribution in [1.29, 1.82) is 0 Å². The van der Waals surface area contributed by atoms with Crippen molar-refractivity contribution in [3.8, 4) is 0 Å². The van der Waals surface area contributed by atoms with E-state index < -0.39 is 0 Å². The molecule has 2 aromatic rings. The van der Waals surface area contributed by atoms with E-state index in [1.165, 1.54) is 11.2 Å². The van der Waals surface area contributed by atoms with E-state index in [0.717, 1.165) is 16.6 Å². The molecule has 2 heterocycles. The van der Waals surface area contributed by atoms with Gasteiger partial charge in [-0.05, 0) is 12.5 Å². The van der Waals surface area contributed by atoms with Gasteiger partial charge in [-0.25, -0.2) is 9.97 Å². The van der Waals surface area contributed by atoms with Crippen LogP contribution in [0.4, 0.5) is 5.82 Å². The Kier molecular flexibility index (Phi) is 7.36. The number of thiophene rings is 1. The maximum atomic E-state index is 12.4. The predicted molar refractivity (Wildman–Crippen MR) is 95.6 cm³/mol. The molecule has 0 aliphatic carbocycles. The Morgan fingerprint density at radius 2 is 1.96 bits per heavy atom. The van der Waals surface area contributed by atoms with E-state index in [-0.39, 0.29) is 12.5 Å². The highest BCUT2D eigenvalue weighted by molar-refractivity contribution is 7.18. The maximum Gasteiger partial charge on any atom is 0.242 e. The summed E-state index contributed by atoms with van der Waals surface area (Å²) in [5.74, 6) is 0.685. The topological polar surface area (TPSA) is 76.6 Å². The highest BCUT2D eigenvalue weighted by Gasteiger charge is 2.14. The van der Waals surface area contributed by atoms with Crippen LogP contribution < -0.4 is 5.32 Å². The Bertz CT molecular complexity index is 654. The van der Waals surface area contributed by atoms with Crippen molar-refractivity contribution in [2.45, 2.75) is 13.3 Å². The molecule has 2 aromatic heterocycles. The van der Waals surface area contributed by atoms with E-state index in [1.807, 2.05) is 0 Å². The number of nitrogens with one attached hydrogen (secondary N) is 1. The average molecular weight is 352 g/mol. The van der Waals surface area contributed by atoms with E-state index in [1.54, 1.807) is 30.5 Å². The van der Waals surface area contributed by atoms with Crippen LogP contribution in [0.3, 0.4) is 0 Å². The molecule has 0 aliphatic heterocycles. The number of hydrogen-bond acceptors (Lipinski definition) is 7. The Morgan fingerprint density at radius 3 is 2.58 bits per heavy atom. The summed E-state index contributed by atoms with van der Waals surface area (Å²) < 4.78 is 10.1. The minimum atomic E-state index is -0.0122. The summed E-state index contributed by atoms with van der Waals surface area (Å²) in [6.07, 6.45) is 2.49.